The fourth-order valence-corrected chi connectivity index (χ4v) is 2.80. The summed E-state index contributed by atoms with van der Waals surface area (Å²) in [5, 5.41) is 10.3. The van der Waals surface area contributed by atoms with Gasteiger partial charge in [-0.15, -0.1) is 0 Å². The molecule has 110 valence electrons. The summed E-state index contributed by atoms with van der Waals surface area (Å²) in [6, 6.07) is 5.56. The van der Waals surface area contributed by atoms with E-state index in [1.165, 1.54) is 0 Å². The molecule has 21 heavy (non-hydrogen) atoms. The lowest BCUT2D eigenvalue weighted by Crippen LogP contribution is -2.25. The van der Waals surface area contributed by atoms with Crippen molar-refractivity contribution in [2.75, 3.05) is 18.6 Å². The van der Waals surface area contributed by atoms with Crippen LogP contribution in [0.3, 0.4) is 0 Å². The van der Waals surface area contributed by atoms with Gasteiger partial charge in [0, 0.05) is 12.6 Å². The first-order valence-electron chi connectivity index (χ1n) is 7.36. The summed E-state index contributed by atoms with van der Waals surface area (Å²) in [5.74, 6) is 6.76. The number of aliphatic hydroxyl groups is 1. The molecule has 3 rings (SSSR count). The van der Waals surface area contributed by atoms with E-state index in [1.807, 2.05) is 18.2 Å². The second kappa shape index (κ2) is 5.42. The standard InChI is InChI=1S/C17H19NO3/c1-18-14-12-13(6-10-17(20)8-2-3-9-17)4-5-15(14)21-11-7-16(18)19/h4-5,12,20H,2-3,7-9,11H2,1H3. The van der Waals surface area contributed by atoms with Crippen molar-refractivity contribution in [2.45, 2.75) is 37.7 Å². The summed E-state index contributed by atoms with van der Waals surface area (Å²) >= 11 is 0. The molecular weight excluding hydrogens is 266 g/mol. The minimum atomic E-state index is -0.842. The number of ether oxygens (including phenoxy) is 1. The summed E-state index contributed by atoms with van der Waals surface area (Å²) in [6.07, 6.45) is 3.92. The summed E-state index contributed by atoms with van der Waals surface area (Å²) in [7, 11) is 1.75. The van der Waals surface area contributed by atoms with Crippen LogP contribution in [0.1, 0.15) is 37.7 Å². The average molecular weight is 285 g/mol. The van der Waals surface area contributed by atoms with Crippen LogP contribution in [-0.4, -0.2) is 30.3 Å². The van der Waals surface area contributed by atoms with E-state index in [-0.39, 0.29) is 5.91 Å². The highest BCUT2D eigenvalue weighted by atomic mass is 16.5. The van der Waals surface area contributed by atoms with Gasteiger partial charge in [-0.3, -0.25) is 4.79 Å². The molecule has 0 unspecified atom stereocenters. The van der Waals surface area contributed by atoms with Crippen LogP contribution in [0.5, 0.6) is 5.75 Å². The molecule has 0 spiro atoms. The van der Waals surface area contributed by atoms with Gasteiger partial charge in [0.25, 0.3) is 0 Å². The fourth-order valence-electron chi connectivity index (χ4n) is 2.80. The van der Waals surface area contributed by atoms with Crippen molar-refractivity contribution < 1.29 is 14.6 Å². The van der Waals surface area contributed by atoms with Gasteiger partial charge in [-0.2, -0.15) is 0 Å². The number of carbonyl (C=O) groups is 1. The van der Waals surface area contributed by atoms with Crippen molar-refractivity contribution >= 4 is 11.6 Å². The molecule has 1 aliphatic heterocycles. The van der Waals surface area contributed by atoms with Crippen molar-refractivity contribution in [2.24, 2.45) is 0 Å². The van der Waals surface area contributed by atoms with Crippen molar-refractivity contribution in [1.82, 2.24) is 0 Å². The predicted octanol–water partition coefficient (Wildman–Crippen LogP) is 2.09. The number of benzene rings is 1. The van der Waals surface area contributed by atoms with E-state index in [9.17, 15) is 9.90 Å². The number of hydrogen-bond acceptors (Lipinski definition) is 3. The lowest BCUT2D eigenvalue weighted by molar-refractivity contribution is -0.118. The maximum absolute atomic E-state index is 11.9. The lowest BCUT2D eigenvalue weighted by atomic mass is 10.0. The first kappa shape index (κ1) is 14.0. The van der Waals surface area contributed by atoms with Crippen LogP contribution >= 0.6 is 0 Å². The zero-order valence-electron chi connectivity index (χ0n) is 12.2. The van der Waals surface area contributed by atoms with Gasteiger partial charge in [-0.25, -0.2) is 0 Å². The van der Waals surface area contributed by atoms with Crippen molar-refractivity contribution in [3.05, 3.63) is 23.8 Å². The smallest absolute Gasteiger partial charge is 0.230 e. The van der Waals surface area contributed by atoms with E-state index >= 15 is 0 Å². The molecule has 1 saturated carbocycles. The van der Waals surface area contributed by atoms with E-state index in [0.29, 0.717) is 18.8 Å². The molecule has 4 nitrogen and oxygen atoms in total. The molecule has 0 saturated heterocycles. The molecule has 0 aromatic heterocycles. The molecule has 0 atom stereocenters. The third-order valence-electron chi connectivity index (χ3n) is 4.14. The Balaban J connectivity index is 1.90. The molecule has 1 aromatic rings. The summed E-state index contributed by atoms with van der Waals surface area (Å²) in [5.41, 5.74) is 0.687. The van der Waals surface area contributed by atoms with E-state index in [4.69, 9.17) is 4.74 Å². The largest absolute Gasteiger partial charge is 0.491 e. The predicted molar refractivity (Wildman–Crippen MR) is 80.3 cm³/mol. The van der Waals surface area contributed by atoms with Gasteiger partial charge in [0.2, 0.25) is 5.91 Å². The molecule has 1 aromatic carbocycles. The molecule has 1 amide bonds. The molecule has 0 radical (unpaired) electrons. The lowest BCUT2D eigenvalue weighted by Gasteiger charge is -2.16. The van der Waals surface area contributed by atoms with Gasteiger partial charge in [0.05, 0.1) is 18.7 Å². The zero-order chi connectivity index (χ0) is 14.9. The Morgan fingerprint density at radius 1 is 1.33 bits per heavy atom. The number of anilines is 1. The van der Waals surface area contributed by atoms with Crippen molar-refractivity contribution in [3.8, 4) is 17.6 Å². The summed E-state index contributed by atoms with van der Waals surface area (Å²) in [6.45, 7) is 0.404. The van der Waals surface area contributed by atoms with Crippen LogP contribution < -0.4 is 9.64 Å². The normalized spacial score (nSPS) is 20.1. The molecular formula is C17H19NO3. The molecule has 0 bridgehead atoms. The van der Waals surface area contributed by atoms with Crippen LogP contribution in [0, 0.1) is 11.8 Å². The third-order valence-corrected chi connectivity index (χ3v) is 4.14. The Labute approximate surface area is 124 Å². The second-order valence-electron chi connectivity index (χ2n) is 5.72. The minimum absolute atomic E-state index is 0.0354. The SMILES string of the molecule is CN1C(=O)CCOc2ccc(C#CC3(O)CCCC3)cc21. The van der Waals surface area contributed by atoms with Gasteiger partial charge in [-0.1, -0.05) is 11.8 Å². The number of hydrogen-bond donors (Lipinski definition) is 1. The van der Waals surface area contributed by atoms with Gasteiger partial charge >= 0.3 is 0 Å². The number of nitrogens with zero attached hydrogens (tertiary/aromatic N) is 1. The van der Waals surface area contributed by atoms with Crippen molar-refractivity contribution in [3.63, 3.8) is 0 Å². The first-order valence-corrected chi connectivity index (χ1v) is 7.36. The van der Waals surface area contributed by atoms with E-state index in [2.05, 4.69) is 11.8 Å². The number of fused-ring (bicyclic) bond motifs is 1. The Hall–Kier alpha value is -1.99. The van der Waals surface area contributed by atoms with E-state index < -0.39 is 5.60 Å². The zero-order valence-corrected chi connectivity index (χ0v) is 12.2. The highest BCUT2D eigenvalue weighted by Gasteiger charge is 2.28. The van der Waals surface area contributed by atoms with Gasteiger partial charge < -0.3 is 14.7 Å². The molecule has 1 aliphatic carbocycles. The molecule has 4 heteroatoms. The summed E-state index contributed by atoms with van der Waals surface area (Å²) < 4.78 is 5.58. The second-order valence-corrected chi connectivity index (χ2v) is 5.72. The molecule has 1 N–H and O–H groups in total. The first-order chi connectivity index (χ1) is 10.1. The molecule has 1 fully saturated rings. The van der Waals surface area contributed by atoms with Crippen LogP contribution in [0.15, 0.2) is 18.2 Å². The third kappa shape index (κ3) is 2.88. The maximum atomic E-state index is 11.9. The van der Waals surface area contributed by atoms with E-state index in [0.717, 1.165) is 36.9 Å². The maximum Gasteiger partial charge on any atom is 0.230 e. The Morgan fingerprint density at radius 3 is 2.86 bits per heavy atom. The topological polar surface area (TPSA) is 49.8 Å². The number of carbonyl (C=O) groups excluding carboxylic acids is 1. The fraction of sp³-hybridized carbons (Fsp3) is 0.471. The van der Waals surface area contributed by atoms with Gasteiger partial charge in [0.1, 0.15) is 11.4 Å². The monoisotopic (exact) mass is 285 g/mol. The highest BCUT2D eigenvalue weighted by Crippen LogP contribution is 2.32. The number of rotatable bonds is 0. The average Bonchev–Trinajstić information content (AvgIpc) is 2.86. The van der Waals surface area contributed by atoms with E-state index in [1.54, 1.807) is 11.9 Å². The van der Waals surface area contributed by atoms with Crippen LogP contribution in [0.4, 0.5) is 5.69 Å². The minimum Gasteiger partial charge on any atom is -0.491 e. The molecule has 1 heterocycles. The van der Waals surface area contributed by atoms with Crippen molar-refractivity contribution in [1.29, 1.82) is 0 Å². The van der Waals surface area contributed by atoms with Gasteiger partial charge in [0.15, 0.2) is 0 Å². The van der Waals surface area contributed by atoms with Crippen LogP contribution in [-0.2, 0) is 4.79 Å². The molecule has 2 aliphatic rings. The highest BCUT2D eigenvalue weighted by molar-refractivity contribution is 5.95. The summed E-state index contributed by atoms with van der Waals surface area (Å²) in [4.78, 5) is 13.5. The van der Waals surface area contributed by atoms with Crippen LogP contribution in [0.2, 0.25) is 0 Å². The quantitative estimate of drug-likeness (QED) is 0.743. The van der Waals surface area contributed by atoms with Crippen LogP contribution in [0.25, 0.3) is 0 Å². The Bertz CT molecular complexity index is 621. The number of amides is 1. The Kier molecular flexibility index (Phi) is 3.60. The Morgan fingerprint density at radius 2 is 2.10 bits per heavy atom. The van der Waals surface area contributed by atoms with Gasteiger partial charge in [-0.05, 0) is 43.9 Å².